The van der Waals surface area contributed by atoms with Gasteiger partial charge in [0, 0.05) is 5.56 Å². The average Bonchev–Trinajstić information content (AvgIpc) is 2.75. The molecule has 4 nitrogen and oxygen atoms in total. The molecule has 2 rings (SSSR count). The molecule has 0 radical (unpaired) electrons. The summed E-state index contributed by atoms with van der Waals surface area (Å²) in [6.07, 6.45) is 2.18. The minimum atomic E-state index is -1.12. The lowest BCUT2D eigenvalue weighted by Crippen LogP contribution is -2.43. The number of benzene rings is 1. The highest BCUT2D eigenvalue weighted by atomic mass is 35.5. The molecule has 1 fully saturated rings. The molecule has 0 aliphatic carbocycles. The van der Waals surface area contributed by atoms with Crippen LogP contribution < -0.4 is 0 Å². The SMILES string of the molecule is CCCC(C(=O)O)N1C(=O)/C(=C/c2c(F)cccc2Cl)SC1=S. The van der Waals surface area contributed by atoms with E-state index in [2.05, 4.69) is 0 Å². The maximum atomic E-state index is 13.8. The van der Waals surface area contributed by atoms with Crippen molar-refractivity contribution in [2.75, 3.05) is 0 Å². The third-order valence-corrected chi connectivity index (χ3v) is 4.92. The van der Waals surface area contributed by atoms with Gasteiger partial charge in [0.15, 0.2) is 0 Å². The summed E-state index contributed by atoms with van der Waals surface area (Å²) in [7, 11) is 0. The summed E-state index contributed by atoms with van der Waals surface area (Å²) in [6, 6.07) is 3.18. The van der Waals surface area contributed by atoms with Crippen LogP contribution in [0, 0.1) is 5.82 Å². The van der Waals surface area contributed by atoms with E-state index in [1.54, 1.807) is 0 Å². The maximum absolute atomic E-state index is 13.8. The molecule has 1 amide bonds. The Balaban J connectivity index is 2.38. The molecule has 1 heterocycles. The van der Waals surface area contributed by atoms with E-state index < -0.39 is 23.7 Å². The van der Waals surface area contributed by atoms with Gasteiger partial charge in [-0.15, -0.1) is 0 Å². The summed E-state index contributed by atoms with van der Waals surface area (Å²) in [5.41, 5.74) is 0.0806. The van der Waals surface area contributed by atoms with Crippen molar-refractivity contribution < 1.29 is 19.1 Å². The molecular formula is C15H13ClFNO3S2. The van der Waals surface area contributed by atoms with Crippen LogP contribution in [0.5, 0.6) is 0 Å². The van der Waals surface area contributed by atoms with Crippen LogP contribution in [0.1, 0.15) is 25.3 Å². The van der Waals surface area contributed by atoms with Crippen molar-refractivity contribution in [3.63, 3.8) is 0 Å². The number of carbonyl (C=O) groups excluding carboxylic acids is 1. The first-order chi connectivity index (χ1) is 10.9. The van der Waals surface area contributed by atoms with Crippen molar-refractivity contribution in [1.82, 2.24) is 4.90 Å². The van der Waals surface area contributed by atoms with Gasteiger partial charge in [-0.25, -0.2) is 9.18 Å². The van der Waals surface area contributed by atoms with E-state index in [0.717, 1.165) is 16.7 Å². The molecule has 0 saturated carbocycles. The monoisotopic (exact) mass is 373 g/mol. The zero-order valence-corrected chi connectivity index (χ0v) is 14.5. The first-order valence-electron chi connectivity index (χ1n) is 6.80. The van der Waals surface area contributed by atoms with E-state index in [1.807, 2.05) is 6.92 Å². The van der Waals surface area contributed by atoms with Gasteiger partial charge in [0.1, 0.15) is 16.2 Å². The molecule has 1 aliphatic rings. The normalized spacial score (nSPS) is 17.9. The molecular weight excluding hydrogens is 361 g/mol. The van der Waals surface area contributed by atoms with Crippen LogP contribution in [-0.4, -0.2) is 32.2 Å². The smallest absolute Gasteiger partial charge is 0.326 e. The standard InChI is InChI=1S/C15H13ClFNO3S2/c1-2-4-11(14(20)21)18-13(19)12(23-15(18)22)7-8-9(16)5-3-6-10(8)17/h3,5-7,11H,2,4H2,1H3,(H,20,21)/b12-7-. The number of hydrogen-bond donors (Lipinski definition) is 1. The van der Waals surface area contributed by atoms with E-state index in [4.69, 9.17) is 23.8 Å². The number of thioether (sulfide) groups is 1. The van der Waals surface area contributed by atoms with E-state index in [-0.39, 0.29) is 26.2 Å². The highest BCUT2D eigenvalue weighted by molar-refractivity contribution is 8.26. The first kappa shape index (κ1) is 17.9. The fourth-order valence-electron chi connectivity index (χ4n) is 2.16. The highest BCUT2D eigenvalue weighted by Gasteiger charge is 2.40. The summed E-state index contributed by atoms with van der Waals surface area (Å²) < 4.78 is 14.0. The molecule has 1 N–H and O–H groups in total. The third-order valence-electron chi connectivity index (χ3n) is 3.26. The lowest BCUT2D eigenvalue weighted by molar-refractivity contribution is -0.145. The first-order valence-corrected chi connectivity index (χ1v) is 8.41. The fourth-order valence-corrected chi connectivity index (χ4v) is 3.72. The molecule has 1 aromatic rings. The number of carboxylic acids is 1. The molecule has 1 saturated heterocycles. The number of thiocarbonyl (C=S) groups is 1. The molecule has 122 valence electrons. The zero-order valence-electron chi connectivity index (χ0n) is 12.1. The Labute approximate surface area is 147 Å². The van der Waals surface area contributed by atoms with Crippen molar-refractivity contribution >= 4 is 57.9 Å². The number of carbonyl (C=O) groups is 2. The number of rotatable bonds is 5. The summed E-state index contributed by atoms with van der Waals surface area (Å²) in [6.45, 7) is 1.82. The number of carboxylic acid groups (broad SMARTS) is 1. The molecule has 0 spiro atoms. The van der Waals surface area contributed by atoms with E-state index in [0.29, 0.717) is 6.42 Å². The van der Waals surface area contributed by atoms with Crippen molar-refractivity contribution in [2.24, 2.45) is 0 Å². The molecule has 1 aliphatic heterocycles. The predicted molar refractivity (Wildman–Crippen MR) is 92.8 cm³/mol. The van der Waals surface area contributed by atoms with Crippen LogP contribution in [0.15, 0.2) is 23.1 Å². The van der Waals surface area contributed by atoms with Gasteiger partial charge in [-0.05, 0) is 24.6 Å². The second-order valence-electron chi connectivity index (χ2n) is 4.83. The highest BCUT2D eigenvalue weighted by Crippen LogP contribution is 2.36. The molecule has 23 heavy (non-hydrogen) atoms. The minimum absolute atomic E-state index is 0.0806. The van der Waals surface area contributed by atoms with E-state index >= 15 is 0 Å². The Morgan fingerprint density at radius 1 is 1.57 bits per heavy atom. The molecule has 1 unspecified atom stereocenters. The third kappa shape index (κ3) is 3.73. The van der Waals surface area contributed by atoms with Crippen LogP contribution in [0.25, 0.3) is 6.08 Å². The number of aliphatic carboxylic acids is 1. The largest absolute Gasteiger partial charge is 0.480 e. The van der Waals surface area contributed by atoms with Crippen molar-refractivity contribution in [3.8, 4) is 0 Å². The molecule has 0 bridgehead atoms. The number of halogens is 2. The van der Waals surface area contributed by atoms with Crippen LogP contribution in [0.3, 0.4) is 0 Å². The van der Waals surface area contributed by atoms with Gasteiger partial charge < -0.3 is 5.11 Å². The summed E-state index contributed by atoms with van der Waals surface area (Å²) >= 11 is 12.0. The Hall–Kier alpha value is -1.44. The van der Waals surface area contributed by atoms with Crippen LogP contribution in [-0.2, 0) is 9.59 Å². The van der Waals surface area contributed by atoms with Gasteiger partial charge in [0.05, 0.1) is 9.93 Å². The molecule has 8 heteroatoms. The lowest BCUT2D eigenvalue weighted by atomic mass is 10.1. The fraction of sp³-hybridized carbons (Fsp3) is 0.267. The summed E-state index contributed by atoms with van der Waals surface area (Å²) in [5, 5.41) is 9.47. The van der Waals surface area contributed by atoms with Crippen LogP contribution in [0.2, 0.25) is 5.02 Å². The van der Waals surface area contributed by atoms with Crippen molar-refractivity contribution in [3.05, 3.63) is 39.5 Å². The Kier molecular flexibility index (Phi) is 5.78. The maximum Gasteiger partial charge on any atom is 0.326 e. The number of hydrogen-bond acceptors (Lipinski definition) is 4. The van der Waals surface area contributed by atoms with Crippen LogP contribution >= 0.6 is 35.6 Å². The molecule has 1 aromatic carbocycles. The lowest BCUT2D eigenvalue weighted by Gasteiger charge is -2.22. The quantitative estimate of drug-likeness (QED) is 0.626. The second kappa shape index (κ2) is 7.42. The summed E-state index contributed by atoms with van der Waals surface area (Å²) in [5.74, 6) is -2.22. The molecule has 1 atom stereocenters. The van der Waals surface area contributed by atoms with Gasteiger partial charge in [-0.3, -0.25) is 9.69 Å². The van der Waals surface area contributed by atoms with Gasteiger partial charge in [0.2, 0.25) is 0 Å². The van der Waals surface area contributed by atoms with E-state index in [1.165, 1.54) is 24.3 Å². The Morgan fingerprint density at radius 2 is 2.26 bits per heavy atom. The number of amides is 1. The Morgan fingerprint density at radius 3 is 2.83 bits per heavy atom. The van der Waals surface area contributed by atoms with Crippen molar-refractivity contribution in [1.29, 1.82) is 0 Å². The topological polar surface area (TPSA) is 57.6 Å². The second-order valence-corrected chi connectivity index (χ2v) is 6.91. The van der Waals surface area contributed by atoms with Gasteiger partial charge in [-0.1, -0.05) is 55.0 Å². The average molecular weight is 374 g/mol. The van der Waals surface area contributed by atoms with Gasteiger partial charge >= 0.3 is 5.97 Å². The zero-order chi connectivity index (χ0) is 17.1. The number of nitrogens with zero attached hydrogens (tertiary/aromatic N) is 1. The van der Waals surface area contributed by atoms with Gasteiger partial charge in [0.25, 0.3) is 5.91 Å². The van der Waals surface area contributed by atoms with Gasteiger partial charge in [-0.2, -0.15) is 0 Å². The van der Waals surface area contributed by atoms with E-state index in [9.17, 15) is 19.1 Å². The summed E-state index contributed by atoms with van der Waals surface area (Å²) in [4.78, 5) is 25.1. The van der Waals surface area contributed by atoms with Crippen LogP contribution in [0.4, 0.5) is 4.39 Å². The van der Waals surface area contributed by atoms with Crippen molar-refractivity contribution in [2.45, 2.75) is 25.8 Å². The predicted octanol–water partition coefficient (Wildman–Crippen LogP) is 3.93. The minimum Gasteiger partial charge on any atom is -0.480 e. The Bertz CT molecular complexity index is 688. The molecule has 0 aromatic heterocycles.